The third kappa shape index (κ3) is 3.19. The Kier molecular flexibility index (Phi) is 3.37. The van der Waals surface area contributed by atoms with E-state index in [-0.39, 0.29) is 12.4 Å². The van der Waals surface area contributed by atoms with Gasteiger partial charge in [0.05, 0.1) is 0 Å². The minimum atomic E-state index is -1.03. The van der Waals surface area contributed by atoms with Gasteiger partial charge in [0.15, 0.2) is 6.67 Å². The molecule has 0 bridgehead atoms. The zero-order valence-electron chi connectivity index (χ0n) is 6.89. The summed E-state index contributed by atoms with van der Waals surface area (Å²) in [7, 11) is 0. The fourth-order valence-electron chi connectivity index (χ4n) is 0.850. The molecule has 0 heterocycles. The maximum Gasteiger partial charge on any atom is 0.251 e. The summed E-state index contributed by atoms with van der Waals surface area (Å²) in [5.74, 6) is -0.995. The number of hydrogen-bond acceptors (Lipinski definition) is 1. The summed E-state index contributed by atoms with van der Waals surface area (Å²) in [5, 5.41) is 2.33. The molecular formula is C9H9F2NO. The number of amides is 1. The topological polar surface area (TPSA) is 29.1 Å². The van der Waals surface area contributed by atoms with Crippen LogP contribution in [0.4, 0.5) is 8.78 Å². The Labute approximate surface area is 74.6 Å². The van der Waals surface area contributed by atoms with Crippen LogP contribution >= 0.6 is 0 Å². The van der Waals surface area contributed by atoms with Gasteiger partial charge < -0.3 is 5.32 Å². The lowest BCUT2D eigenvalue weighted by Gasteiger charge is -2.01. The van der Waals surface area contributed by atoms with Gasteiger partial charge in [-0.25, -0.2) is 8.78 Å². The molecule has 0 aliphatic carbocycles. The molecule has 13 heavy (non-hydrogen) atoms. The Bertz CT molecular complexity index is 284. The zero-order valence-corrected chi connectivity index (χ0v) is 6.89. The van der Waals surface area contributed by atoms with Gasteiger partial charge in [0.25, 0.3) is 5.91 Å². The van der Waals surface area contributed by atoms with E-state index in [2.05, 4.69) is 5.32 Å². The van der Waals surface area contributed by atoms with Gasteiger partial charge in [0.1, 0.15) is 5.82 Å². The van der Waals surface area contributed by atoms with Crippen LogP contribution in [0.2, 0.25) is 0 Å². The molecule has 0 unspecified atom stereocenters. The second-order valence-corrected chi connectivity index (χ2v) is 2.54. The number of alkyl halides is 1. The first kappa shape index (κ1) is 9.64. The van der Waals surface area contributed by atoms with Crippen LogP contribution in [0.15, 0.2) is 24.3 Å². The second kappa shape index (κ2) is 4.54. The minimum absolute atomic E-state index is 0.225. The van der Waals surface area contributed by atoms with Crippen molar-refractivity contribution in [3.05, 3.63) is 35.6 Å². The highest BCUT2D eigenvalue weighted by molar-refractivity contribution is 5.76. The highest BCUT2D eigenvalue weighted by Gasteiger charge is 1.98. The van der Waals surface area contributed by atoms with E-state index in [9.17, 15) is 13.6 Å². The Morgan fingerprint density at radius 3 is 2.46 bits per heavy atom. The number of benzene rings is 1. The molecule has 1 amide bonds. The number of carbonyl (C=O) groups is 1. The molecule has 0 saturated carbocycles. The molecule has 1 rings (SSSR count). The molecule has 0 aliphatic heterocycles. The van der Waals surface area contributed by atoms with Crippen LogP contribution in [0, 0.1) is 5.82 Å². The van der Waals surface area contributed by atoms with E-state index in [0.717, 1.165) is 5.56 Å². The van der Waals surface area contributed by atoms with Gasteiger partial charge in [0.2, 0.25) is 0 Å². The van der Waals surface area contributed by atoms with Gasteiger partial charge in [-0.1, -0.05) is 12.1 Å². The molecular weight excluding hydrogens is 176 g/mol. The van der Waals surface area contributed by atoms with Crippen molar-refractivity contribution < 1.29 is 13.6 Å². The maximum atomic E-state index is 12.4. The fraction of sp³-hybridized carbons (Fsp3) is 0.222. The first-order chi connectivity index (χ1) is 6.22. The molecule has 70 valence electrons. The summed E-state index contributed by atoms with van der Waals surface area (Å²) in [5.41, 5.74) is 0.739. The Hall–Kier alpha value is -1.45. The summed E-state index contributed by atoms with van der Waals surface area (Å²) >= 11 is 0. The first-order valence-electron chi connectivity index (χ1n) is 3.79. The predicted molar refractivity (Wildman–Crippen MR) is 44.2 cm³/mol. The van der Waals surface area contributed by atoms with Crippen LogP contribution in [0.3, 0.4) is 0 Å². The van der Waals surface area contributed by atoms with Crippen LogP contribution in [0.25, 0.3) is 0 Å². The lowest BCUT2D eigenvalue weighted by Crippen LogP contribution is -2.23. The van der Waals surface area contributed by atoms with E-state index in [4.69, 9.17) is 0 Å². The Balaban J connectivity index is 2.46. The Morgan fingerprint density at radius 2 is 1.92 bits per heavy atom. The number of rotatable bonds is 3. The molecule has 0 aliphatic rings. The van der Waals surface area contributed by atoms with Gasteiger partial charge in [-0.3, -0.25) is 4.79 Å². The molecule has 1 aromatic carbocycles. The SMILES string of the molecule is O=C(CF)NCc1ccc(F)cc1. The number of carbonyl (C=O) groups excluding carboxylic acids is 1. The molecule has 0 fully saturated rings. The predicted octanol–water partition coefficient (Wildman–Crippen LogP) is 1.41. The van der Waals surface area contributed by atoms with Crippen molar-refractivity contribution in [3.8, 4) is 0 Å². The third-order valence-corrected chi connectivity index (χ3v) is 1.52. The van der Waals surface area contributed by atoms with Gasteiger partial charge in [-0.2, -0.15) is 0 Å². The van der Waals surface area contributed by atoms with Crippen LogP contribution in [-0.4, -0.2) is 12.6 Å². The lowest BCUT2D eigenvalue weighted by atomic mass is 10.2. The summed E-state index contributed by atoms with van der Waals surface area (Å²) < 4.78 is 24.1. The molecule has 0 radical (unpaired) electrons. The van der Waals surface area contributed by atoms with Crippen LogP contribution in [0.5, 0.6) is 0 Å². The van der Waals surface area contributed by atoms with E-state index in [1.165, 1.54) is 24.3 Å². The van der Waals surface area contributed by atoms with Gasteiger partial charge in [-0.15, -0.1) is 0 Å². The van der Waals surface area contributed by atoms with Crippen molar-refractivity contribution in [2.45, 2.75) is 6.54 Å². The monoisotopic (exact) mass is 185 g/mol. The molecule has 4 heteroatoms. The largest absolute Gasteiger partial charge is 0.350 e. The molecule has 1 N–H and O–H groups in total. The van der Waals surface area contributed by atoms with Gasteiger partial charge in [-0.05, 0) is 17.7 Å². The third-order valence-electron chi connectivity index (χ3n) is 1.52. The van der Waals surface area contributed by atoms with E-state index < -0.39 is 12.6 Å². The summed E-state index contributed by atoms with van der Waals surface area (Å²) in [6.45, 7) is -0.801. The summed E-state index contributed by atoms with van der Waals surface area (Å²) in [4.78, 5) is 10.5. The average Bonchev–Trinajstić information content (AvgIpc) is 2.16. The lowest BCUT2D eigenvalue weighted by molar-refractivity contribution is -0.122. The maximum absolute atomic E-state index is 12.4. The van der Waals surface area contributed by atoms with Crippen LogP contribution in [0.1, 0.15) is 5.56 Å². The number of hydrogen-bond donors (Lipinski definition) is 1. The standard InChI is InChI=1S/C9H9F2NO/c10-5-9(13)12-6-7-1-3-8(11)4-2-7/h1-4H,5-6H2,(H,12,13). The average molecular weight is 185 g/mol. The first-order valence-corrected chi connectivity index (χ1v) is 3.79. The van der Waals surface area contributed by atoms with Crippen molar-refractivity contribution >= 4 is 5.91 Å². The van der Waals surface area contributed by atoms with E-state index >= 15 is 0 Å². The molecule has 0 aromatic heterocycles. The normalized spacial score (nSPS) is 9.69. The molecule has 0 atom stereocenters. The van der Waals surface area contributed by atoms with Crippen molar-refractivity contribution in [2.24, 2.45) is 0 Å². The quantitative estimate of drug-likeness (QED) is 0.757. The van der Waals surface area contributed by atoms with Gasteiger partial charge in [0, 0.05) is 6.54 Å². The van der Waals surface area contributed by atoms with Crippen molar-refractivity contribution in [3.63, 3.8) is 0 Å². The number of nitrogens with one attached hydrogen (secondary N) is 1. The van der Waals surface area contributed by atoms with Crippen molar-refractivity contribution in [1.82, 2.24) is 5.32 Å². The zero-order chi connectivity index (χ0) is 9.68. The second-order valence-electron chi connectivity index (χ2n) is 2.54. The van der Waals surface area contributed by atoms with E-state index in [1.54, 1.807) is 0 Å². The highest BCUT2D eigenvalue weighted by Crippen LogP contribution is 2.01. The van der Waals surface area contributed by atoms with E-state index in [0.29, 0.717) is 0 Å². The molecule has 1 aromatic rings. The molecule has 0 saturated heterocycles. The van der Waals surface area contributed by atoms with Crippen LogP contribution < -0.4 is 5.32 Å². The minimum Gasteiger partial charge on any atom is -0.350 e. The molecule has 2 nitrogen and oxygen atoms in total. The van der Waals surface area contributed by atoms with Crippen molar-refractivity contribution in [1.29, 1.82) is 0 Å². The number of halogens is 2. The van der Waals surface area contributed by atoms with Crippen LogP contribution in [-0.2, 0) is 11.3 Å². The van der Waals surface area contributed by atoms with Crippen molar-refractivity contribution in [2.75, 3.05) is 6.67 Å². The Morgan fingerprint density at radius 1 is 1.31 bits per heavy atom. The summed E-state index contributed by atoms with van der Waals surface area (Å²) in [6, 6.07) is 5.65. The van der Waals surface area contributed by atoms with Gasteiger partial charge >= 0.3 is 0 Å². The summed E-state index contributed by atoms with van der Waals surface area (Å²) in [6.07, 6.45) is 0. The molecule has 0 spiro atoms. The van der Waals surface area contributed by atoms with E-state index in [1.807, 2.05) is 0 Å². The highest BCUT2D eigenvalue weighted by atomic mass is 19.1. The fourth-order valence-corrected chi connectivity index (χ4v) is 0.850. The smallest absolute Gasteiger partial charge is 0.251 e.